The van der Waals surface area contributed by atoms with Crippen molar-refractivity contribution in [3.8, 4) is 0 Å². The van der Waals surface area contributed by atoms with Crippen molar-refractivity contribution in [2.45, 2.75) is 270 Å². The van der Waals surface area contributed by atoms with Crippen LogP contribution in [0.3, 0.4) is 0 Å². The van der Waals surface area contributed by atoms with Gasteiger partial charge in [-0.3, -0.25) is 32.5 Å². The van der Waals surface area contributed by atoms with Crippen LogP contribution in [-0.4, -0.2) is 95.9 Å². The summed E-state index contributed by atoms with van der Waals surface area (Å²) in [6, 6.07) is 0. The summed E-state index contributed by atoms with van der Waals surface area (Å²) in [6.07, 6.45) is 56.8. The minimum Gasteiger partial charge on any atom is -0.463 e. The van der Waals surface area contributed by atoms with Crippen molar-refractivity contribution in [1.82, 2.24) is 0 Å². The van der Waals surface area contributed by atoms with Gasteiger partial charge in [0.05, 0.1) is 26.4 Å². The third kappa shape index (κ3) is 58.6. The lowest BCUT2D eigenvalue weighted by Crippen LogP contribution is -2.30. The molecule has 5 unspecified atom stereocenters. The second kappa shape index (κ2) is 57.4. The number of ether oxygens (including phenoxy) is 3. The molecule has 4 N–H and O–H groups in total. The molecule has 0 aliphatic heterocycles. The number of carbonyl (C=O) groups excluding carboxylic acids is 3. The molecule has 18 heteroatoms. The van der Waals surface area contributed by atoms with Crippen molar-refractivity contribution >= 4 is 33.6 Å². The van der Waals surface area contributed by atoms with Gasteiger partial charge in [0, 0.05) is 19.3 Å². The second-order valence-electron chi connectivity index (χ2n) is 20.8. The first kappa shape index (κ1) is 78.0. The normalized spacial score (nSPS) is 14.9. The second-order valence-corrected chi connectivity index (χ2v) is 23.7. The molecule has 0 aliphatic rings. The van der Waals surface area contributed by atoms with Gasteiger partial charge in [0.1, 0.15) is 25.4 Å². The number of phosphoric ester groups is 2. The summed E-state index contributed by atoms with van der Waals surface area (Å²) in [7, 11) is -9.77. The highest BCUT2D eigenvalue weighted by molar-refractivity contribution is 7.47. The fourth-order valence-corrected chi connectivity index (χ4v) is 9.66. The van der Waals surface area contributed by atoms with E-state index in [0.29, 0.717) is 19.3 Å². The first-order valence-corrected chi connectivity index (χ1v) is 34.2. The highest BCUT2D eigenvalue weighted by atomic mass is 31.2. The molecule has 16 nitrogen and oxygen atoms in total. The Morgan fingerprint density at radius 3 is 1.06 bits per heavy atom. The Bertz CT molecular complexity index is 1780. The Hall–Kier alpha value is -3.01. The summed E-state index contributed by atoms with van der Waals surface area (Å²) < 4.78 is 60.6. The molecule has 0 rings (SSSR count). The predicted octanol–water partition coefficient (Wildman–Crippen LogP) is 16.4. The van der Waals surface area contributed by atoms with E-state index in [1.165, 1.54) is 64.2 Å². The topological polar surface area (TPSA) is 231 Å². The van der Waals surface area contributed by atoms with Crippen LogP contribution in [0.4, 0.5) is 0 Å². The molecule has 0 bridgehead atoms. The molecule has 0 saturated carbocycles. The lowest BCUT2D eigenvalue weighted by Gasteiger charge is -2.21. The predicted molar refractivity (Wildman–Crippen MR) is 325 cm³/mol. The standard InChI is InChI=1S/C63H112O16P2/c1-4-7-10-13-16-19-22-25-27-28-30-33-34-37-40-43-46-49-61(66)73-52-58(64)53-75-80(69,70)76-54-59(65)55-77-81(71,72)78-57-60(79-63(68)51-48-45-42-39-36-31-24-21-18-15-12-9-6-3)56-74-62(67)50-47-44-41-38-35-32-29-26-23-20-17-14-11-8-5-2/h7,10,16,19,21,24-27,29-30,33,58-60,64-65H,4-6,8-9,11-15,17-18,20,22-23,28,31-32,34-57H2,1-3H3,(H,69,70)(H,71,72)/b10-7-,19-16-,24-21-,27-25-,29-26-,33-30-. The molecule has 0 aliphatic carbocycles. The van der Waals surface area contributed by atoms with Crippen molar-refractivity contribution in [2.75, 3.05) is 39.6 Å². The van der Waals surface area contributed by atoms with Gasteiger partial charge in [-0.25, -0.2) is 9.13 Å². The Balaban J connectivity index is 4.69. The summed E-state index contributed by atoms with van der Waals surface area (Å²) in [5.74, 6) is -1.61. The quantitative estimate of drug-likeness (QED) is 0.0146. The maximum Gasteiger partial charge on any atom is 0.472 e. The number of hydrogen-bond donors (Lipinski definition) is 4. The summed E-state index contributed by atoms with van der Waals surface area (Å²) in [4.78, 5) is 58.1. The smallest absolute Gasteiger partial charge is 0.463 e. The van der Waals surface area contributed by atoms with Gasteiger partial charge in [-0.15, -0.1) is 0 Å². The Morgan fingerprint density at radius 2 is 0.654 bits per heavy atom. The monoisotopic (exact) mass is 1190 g/mol. The number of rotatable bonds is 59. The molecule has 0 radical (unpaired) electrons. The molecule has 0 amide bonds. The van der Waals surface area contributed by atoms with Gasteiger partial charge >= 0.3 is 33.6 Å². The zero-order chi connectivity index (χ0) is 59.6. The van der Waals surface area contributed by atoms with Crippen molar-refractivity contribution in [1.29, 1.82) is 0 Å². The average molecular weight is 1190 g/mol. The molecule has 5 atom stereocenters. The van der Waals surface area contributed by atoms with E-state index >= 15 is 0 Å². The van der Waals surface area contributed by atoms with Gasteiger partial charge in [-0.1, -0.05) is 196 Å². The summed E-state index contributed by atoms with van der Waals surface area (Å²) in [6.45, 7) is 2.47. The minimum atomic E-state index is -4.92. The maximum atomic E-state index is 12.9. The van der Waals surface area contributed by atoms with Gasteiger partial charge in [0.25, 0.3) is 0 Å². The number of hydrogen-bond acceptors (Lipinski definition) is 14. The number of carbonyl (C=O) groups is 3. The summed E-state index contributed by atoms with van der Waals surface area (Å²) in [5.41, 5.74) is 0. The van der Waals surface area contributed by atoms with Gasteiger partial charge in [-0.05, 0) is 109 Å². The molecule has 470 valence electrons. The van der Waals surface area contributed by atoms with E-state index in [4.69, 9.17) is 32.3 Å². The maximum absolute atomic E-state index is 12.9. The lowest BCUT2D eigenvalue weighted by atomic mass is 10.1. The van der Waals surface area contributed by atoms with E-state index in [1.54, 1.807) is 0 Å². The first-order valence-electron chi connectivity index (χ1n) is 31.2. The van der Waals surface area contributed by atoms with Crippen LogP contribution in [0.15, 0.2) is 72.9 Å². The van der Waals surface area contributed by atoms with E-state index < -0.39 is 91.5 Å². The third-order valence-electron chi connectivity index (χ3n) is 12.9. The SMILES string of the molecule is CC/C=C\C/C=C\C/C=C\C/C=C\CCCCCCC(=O)OCC(O)COP(=O)(O)OCC(O)COP(=O)(O)OCC(COC(=O)CCCCCCC/C=C\CCCCCCCC)OC(=O)CCCCCCC/C=C\CCCCCC. The van der Waals surface area contributed by atoms with Crippen LogP contribution in [0, 0.1) is 0 Å². The number of allylic oxidation sites excluding steroid dienone is 12. The molecule has 0 saturated heterocycles. The van der Waals surface area contributed by atoms with Gasteiger partial charge in [0.15, 0.2) is 6.10 Å². The largest absolute Gasteiger partial charge is 0.472 e. The van der Waals surface area contributed by atoms with Crippen LogP contribution >= 0.6 is 15.6 Å². The van der Waals surface area contributed by atoms with Crippen LogP contribution in [0.1, 0.15) is 252 Å². The van der Waals surface area contributed by atoms with Crippen LogP contribution in [0.5, 0.6) is 0 Å². The number of aliphatic hydroxyl groups excluding tert-OH is 2. The highest BCUT2D eigenvalue weighted by Crippen LogP contribution is 2.45. The van der Waals surface area contributed by atoms with Crippen molar-refractivity contribution in [3.05, 3.63) is 72.9 Å². The molecule has 81 heavy (non-hydrogen) atoms. The molecule has 0 aromatic rings. The molecule has 0 aromatic carbocycles. The first-order chi connectivity index (χ1) is 39.2. The Labute approximate surface area is 490 Å². The molecule has 0 fully saturated rings. The molecule has 0 heterocycles. The molecular weight excluding hydrogens is 1070 g/mol. The fourth-order valence-electron chi connectivity index (χ4n) is 8.08. The zero-order valence-corrected chi connectivity index (χ0v) is 52.2. The van der Waals surface area contributed by atoms with E-state index in [-0.39, 0.29) is 19.3 Å². The third-order valence-corrected chi connectivity index (χ3v) is 14.8. The number of phosphoric acid groups is 2. The van der Waals surface area contributed by atoms with Crippen LogP contribution < -0.4 is 0 Å². The zero-order valence-electron chi connectivity index (χ0n) is 50.4. The molecule has 0 spiro atoms. The van der Waals surface area contributed by atoms with E-state index in [1.807, 2.05) is 0 Å². The Morgan fingerprint density at radius 1 is 0.358 bits per heavy atom. The van der Waals surface area contributed by atoms with Gasteiger partial charge in [-0.2, -0.15) is 0 Å². The lowest BCUT2D eigenvalue weighted by molar-refractivity contribution is -0.161. The van der Waals surface area contributed by atoms with E-state index in [9.17, 15) is 43.5 Å². The Kier molecular flexibility index (Phi) is 55.3. The van der Waals surface area contributed by atoms with Gasteiger partial charge in [0.2, 0.25) is 0 Å². The molecule has 0 aromatic heterocycles. The minimum absolute atomic E-state index is 0.0939. The number of esters is 3. The number of aliphatic hydroxyl groups is 2. The summed E-state index contributed by atoms with van der Waals surface area (Å²) >= 11 is 0. The summed E-state index contributed by atoms with van der Waals surface area (Å²) in [5, 5.41) is 20.5. The van der Waals surface area contributed by atoms with E-state index in [0.717, 1.165) is 128 Å². The van der Waals surface area contributed by atoms with Crippen LogP contribution in [-0.2, 0) is 55.8 Å². The van der Waals surface area contributed by atoms with Gasteiger partial charge < -0.3 is 34.2 Å². The van der Waals surface area contributed by atoms with Crippen LogP contribution in [0.2, 0.25) is 0 Å². The molecular formula is C63H112O16P2. The van der Waals surface area contributed by atoms with Crippen LogP contribution in [0.25, 0.3) is 0 Å². The fraction of sp³-hybridized carbons (Fsp3) is 0.762. The van der Waals surface area contributed by atoms with Crippen molar-refractivity contribution in [3.63, 3.8) is 0 Å². The van der Waals surface area contributed by atoms with E-state index in [2.05, 4.69) is 93.7 Å². The average Bonchev–Trinajstić information content (AvgIpc) is 3.44. The van der Waals surface area contributed by atoms with Crippen molar-refractivity contribution in [2.24, 2.45) is 0 Å². The highest BCUT2D eigenvalue weighted by Gasteiger charge is 2.29. The number of unbranched alkanes of at least 4 members (excludes halogenated alkanes) is 24. The van der Waals surface area contributed by atoms with Crippen molar-refractivity contribution < 1.29 is 75.8 Å².